The standard InChI is InChI=1S/C42H25N5/c1-3-12-26(13-4-1)45-35-18-9-7-16-28(35)29-22-30-31-23-33-32(24-38(31)46(40(30)25-39(29)45)27-14-5-2-6-15-27)41-37(20-11-21-43-41)47-36-19-10-8-17-34(36)44-42(33)47/h1-25H. The zero-order valence-electron chi connectivity index (χ0n) is 25.2. The molecule has 0 aliphatic rings. The van der Waals surface area contributed by atoms with Gasteiger partial charge in [0, 0.05) is 49.9 Å². The first kappa shape index (κ1) is 24.8. The van der Waals surface area contributed by atoms with Crippen molar-refractivity contribution in [2.24, 2.45) is 0 Å². The third kappa shape index (κ3) is 3.27. The summed E-state index contributed by atoms with van der Waals surface area (Å²) >= 11 is 0. The lowest BCUT2D eigenvalue weighted by atomic mass is 10.0. The average molecular weight is 600 g/mol. The van der Waals surface area contributed by atoms with Gasteiger partial charge in [-0.2, -0.15) is 0 Å². The van der Waals surface area contributed by atoms with Crippen LogP contribution in [0.5, 0.6) is 0 Å². The van der Waals surface area contributed by atoms with Gasteiger partial charge in [-0.05, 0) is 78.9 Å². The van der Waals surface area contributed by atoms with E-state index in [1.165, 1.54) is 32.6 Å². The Kier molecular flexibility index (Phi) is 4.78. The number of pyridine rings is 2. The van der Waals surface area contributed by atoms with Crippen LogP contribution in [0.4, 0.5) is 0 Å². The van der Waals surface area contributed by atoms with Crippen LogP contribution in [0.3, 0.4) is 0 Å². The molecule has 0 amide bonds. The Labute approximate surface area is 268 Å². The Morgan fingerprint density at radius 1 is 0.383 bits per heavy atom. The number of hydrogen-bond acceptors (Lipinski definition) is 2. The number of rotatable bonds is 2. The van der Waals surface area contributed by atoms with Crippen LogP contribution in [0.25, 0.3) is 93.5 Å². The molecule has 11 rings (SSSR count). The fourth-order valence-electron chi connectivity index (χ4n) is 7.85. The third-order valence-electron chi connectivity index (χ3n) is 9.81. The predicted octanol–water partition coefficient (Wildman–Crippen LogP) is 10.4. The molecule has 0 fully saturated rings. The molecule has 0 radical (unpaired) electrons. The monoisotopic (exact) mass is 599 g/mol. The van der Waals surface area contributed by atoms with Crippen molar-refractivity contribution in [2.75, 3.05) is 0 Å². The molecule has 0 atom stereocenters. The lowest BCUT2D eigenvalue weighted by Gasteiger charge is -2.11. The lowest BCUT2D eigenvalue weighted by molar-refractivity contribution is 1.17. The minimum absolute atomic E-state index is 0.950. The molecule has 0 N–H and O–H groups in total. The molecule has 5 heterocycles. The largest absolute Gasteiger partial charge is 0.309 e. The molecule has 5 heteroatoms. The van der Waals surface area contributed by atoms with E-state index < -0.39 is 0 Å². The Morgan fingerprint density at radius 2 is 0.957 bits per heavy atom. The number of benzene rings is 6. The molecule has 0 aliphatic carbocycles. The molecule has 0 unspecified atom stereocenters. The summed E-state index contributed by atoms with van der Waals surface area (Å²) < 4.78 is 7.08. The fraction of sp³-hybridized carbons (Fsp3) is 0. The highest BCUT2D eigenvalue weighted by Gasteiger charge is 2.21. The second kappa shape index (κ2) is 9.05. The quantitative estimate of drug-likeness (QED) is 0.186. The van der Waals surface area contributed by atoms with Gasteiger partial charge in [0.05, 0.1) is 44.1 Å². The number of imidazole rings is 1. The third-order valence-corrected chi connectivity index (χ3v) is 9.81. The van der Waals surface area contributed by atoms with Crippen molar-refractivity contribution in [1.82, 2.24) is 23.5 Å². The Balaban J connectivity index is 1.38. The van der Waals surface area contributed by atoms with Crippen molar-refractivity contribution in [3.63, 3.8) is 0 Å². The second-order valence-electron chi connectivity index (χ2n) is 12.3. The van der Waals surface area contributed by atoms with Crippen molar-refractivity contribution < 1.29 is 0 Å². The lowest BCUT2D eigenvalue weighted by Crippen LogP contribution is -1.96. The molecule has 47 heavy (non-hydrogen) atoms. The summed E-state index contributed by atoms with van der Waals surface area (Å²) in [5, 5.41) is 7.08. The van der Waals surface area contributed by atoms with Gasteiger partial charge in [0.15, 0.2) is 0 Å². The second-order valence-corrected chi connectivity index (χ2v) is 12.3. The summed E-state index contributed by atoms with van der Waals surface area (Å²) in [5.41, 5.74) is 12.0. The molecule has 5 aromatic heterocycles. The van der Waals surface area contributed by atoms with Crippen molar-refractivity contribution in [3.05, 3.63) is 152 Å². The van der Waals surface area contributed by atoms with Gasteiger partial charge in [-0.3, -0.25) is 9.38 Å². The van der Waals surface area contributed by atoms with E-state index in [4.69, 9.17) is 9.97 Å². The molecule has 0 spiro atoms. The van der Waals surface area contributed by atoms with E-state index in [2.05, 4.69) is 153 Å². The fourth-order valence-corrected chi connectivity index (χ4v) is 7.85. The van der Waals surface area contributed by atoms with E-state index in [1.54, 1.807) is 0 Å². The number of nitrogens with zero attached hydrogens (tertiary/aromatic N) is 5. The van der Waals surface area contributed by atoms with Crippen molar-refractivity contribution in [1.29, 1.82) is 0 Å². The Morgan fingerprint density at radius 3 is 1.72 bits per heavy atom. The first-order chi connectivity index (χ1) is 23.3. The first-order valence-electron chi connectivity index (χ1n) is 15.9. The summed E-state index contributed by atoms with van der Waals surface area (Å²) in [7, 11) is 0. The van der Waals surface area contributed by atoms with E-state index in [1.807, 2.05) is 12.3 Å². The molecule has 218 valence electrons. The van der Waals surface area contributed by atoms with Crippen LogP contribution >= 0.6 is 0 Å². The summed E-state index contributed by atoms with van der Waals surface area (Å²) in [6, 6.07) is 52.1. The summed E-state index contributed by atoms with van der Waals surface area (Å²) in [6.07, 6.45) is 1.89. The minimum atomic E-state index is 0.950. The van der Waals surface area contributed by atoms with E-state index in [9.17, 15) is 0 Å². The van der Waals surface area contributed by atoms with Gasteiger partial charge in [-0.25, -0.2) is 4.98 Å². The molecular weight excluding hydrogens is 574 g/mol. The van der Waals surface area contributed by atoms with Gasteiger partial charge in [0.2, 0.25) is 0 Å². The zero-order chi connectivity index (χ0) is 30.6. The molecule has 5 nitrogen and oxygen atoms in total. The van der Waals surface area contributed by atoms with Crippen molar-refractivity contribution in [3.8, 4) is 11.4 Å². The molecule has 0 aliphatic heterocycles. The van der Waals surface area contributed by atoms with Gasteiger partial charge in [0.25, 0.3) is 0 Å². The van der Waals surface area contributed by atoms with E-state index in [0.29, 0.717) is 0 Å². The first-order valence-corrected chi connectivity index (χ1v) is 15.9. The maximum absolute atomic E-state index is 5.20. The van der Waals surface area contributed by atoms with E-state index in [-0.39, 0.29) is 0 Å². The zero-order valence-corrected chi connectivity index (χ0v) is 25.2. The molecular formula is C42H25N5. The van der Waals surface area contributed by atoms with Gasteiger partial charge >= 0.3 is 0 Å². The highest BCUT2D eigenvalue weighted by atomic mass is 15.0. The molecule has 6 aromatic carbocycles. The number of para-hydroxylation sites is 5. The van der Waals surface area contributed by atoms with Gasteiger partial charge in [0.1, 0.15) is 5.65 Å². The van der Waals surface area contributed by atoms with E-state index in [0.717, 1.165) is 60.9 Å². The molecule has 11 aromatic rings. The van der Waals surface area contributed by atoms with Crippen molar-refractivity contribution >= 4 is 82.1 Å². The highest BCUT2D eigenvalue weighted by molar-refractivity contribution is 6.24. The van der Waals surface area contributed by atoms with Crippen LogP contribution in [0, 0.1) is 0 Å². The van der Waals surface area contributed by atoms with Crippen LogP contribution < -0.4 is 0 Å². The number of hydrogen-bond donors (Lipinski definition) is 0. The van der Waals surface area contributed by atoms with Crippen LogP contribution in [-0.2, 0) is 0 Å². The predicted molar refractivity (Wildman–Crippen MR) is 194 cm³/mol. The van der Waals surface area contributed by atoms with Crippen LogP contribution in [0.15, 0.2) is 152 Å². The maximum Gasteiger partial charge on any atom is 0.146 e. The van der Waals surface area contributed by atoms with Crippen LogP contribution in [0.1, 0.15) is 0 Å². The maximum atomic E-state index is 5.20. The van der Waals surface area contributed by atoms with Gasteiger partial charge in [-0.1, -0.05) is 66.7 Å². The smallest absolute Gasteiger partial charge is 0.146 e. The molecule has 0 bridgehead atoms. The van der Waals surface area contributed by atoms with Gasteiger partial charge in [-0.15, -0.1) is 0 Å². The van der Waals surface area contributed by atoms with Gasteiger partial charge < -0.3 is 9.13 Å². The topological polar surface area (TPSA) is 40.0 Å². The summed E-state index contributed by atoms with van der Waals surface area (Å²) in [5.74, 6) is 0. The Hall–Kier alpha value is -6.46. The highest BCUT2D eigenvalue weighted by Crippen LogP contribution is 2.42. The van der Waals surface area contributed by atoms with Crippen LogP contribution in [0.2, 0.25) is 0 Å². The molecule has 0 saturated heterocycles. The average Bonchev–Trinajstić information content (AvgIpc) is 3.78. The Bertz CT molecular complexity index is 3060. The minimum Gasteiger partial charge on any atom is -0.309 e. The SMILES string of the molecule is c1ccc(-n2c3ccccc3c3cc4c5cc6c(cc5n(-c5ccccc5)c4cc32)c2ncccc2n2c3ccccc3nc62)cc1. The van der Waals surface area contributed by atoms with Crippen LogP contribution in [-0.4, -0.2) is 23.5 Å². The number of fused-ring (bicyclic) bond motifs is 14. The number of aromatic nitrogens is 5. The van der Waals surface area contributed by atoms with Crippen molar-refractivity contribution in [2.45, 2.75) is 0 Å². The van der Waals surface area contributed by atoms with E-state index >= 15 is 0 Å². The summed E-state index contributed by atoms with van der Waals surface area (Å²) in [6.45, 7) is 0. The molecule has 0 saturated carbocycles. The summed E-state index contributed by atoms with van der Waals surface area (Å²) in [4.78, 5) is 10.2. The normalized spacial score (nSPS) is 12.3.